The van der Waals surface area contributed by atoms with Crippen molar-refractivity contribution >= 4 is 11.8 Å². The summed E-state index contributed by atoms with van der Waals surface area (Å²) in [6.45, 7) is 0.345. The number of nitrogens with zero attached hydrogens (tertiary/aromatic N) is 1. The molecular weight excluding hydrogens is 298 g/mol. The average molecular weight is 319 g/mol. The second-order valence-electron chi connectivity index (χ2n) is 6.82. The molecule has 1 heterocycles. The van der Waals surface area contributed by atoms with E-state index in [1.165, 1.54) is 42.6 Å². The summed E-state index contributed by atoms with van der Waals surface area (Å²) in [5.74, 6) is 0.297. The molecule has 0 aromatic heterocycles. The number of carbonyl (C=O) groups excluding carboxylic acids is 2. The van der Waals surface area contributed by atoms with Crippen LogP contribution in [0.15, 0.2) is 48.5 Å². The van der Waals surface area contributed by atoms with Crippen LogP contribution in [-0.2, 0) is 6.54 Å². The van der Waals surface area contributed by atoms with Crippen molar-refractivity contribution in [3.63, 3.8) is 0 Å². The highest BCUT2D eigenvalue weighted by atomic mass is 16.2. The van der Waals surface area contributed by atoms with E-state index in [0.29, 0.717) is 23.6 Å². The van der Waals surface area contributed by atoms with Crippen LogP contribution >= 0.6 is 0 Å². The summed E-state index contributed by atoms with van der Waals surface area (Å²) >= 11 is 0. The molecule has 3 heteroatoms. The molecule has 0 saturated heterocycles. The van der Waals surface area contributed by atoms with E-state index >= 15 is 0 Å². The number of benzene rings is 2. The number of rotatable bonds is 3. The van der Waals surface area contributed by atoms with Gasteiger partial charge in [0.15, 0.2) is 0 Å². The molecule has 3 nitrogen and oxygen atoms in total. The topological polar surface area (TPSA) is 37.4 Å². The number of amides is 2. The first-order chi connectivity index (χ1) is 11.7. The van der Waals surface area contributed by atoms with Crippen LogP contribution in [0.2, 0.25) is 0 Å². The minimum atomic E-state index is -0.188. The second kappa shape index (κ2) is 6.23. The Bertz CT molecular complexity index is 738. The zero-order chi connectivity index (χ0) is 16.5. The lowest BCUT2D eigenvalue weighted by atomic mass is 9.84. The van der Waals surface area contributed by atoms with Crippen LogP contribution in [0.4, 0.5) is 0 Å². The highest BCUT2D eigenvalue weighted by molar-refractivity contribution is 6.21. The maximum absolute atomic E-state index is 12.4. The van der Waals surface area contributed by atoms with Crippen molar-refractivity contribution in [1.82, 2.24) is 4.90 Å². The summed E-state index contributed by atoms with van der Waals surface area (Å²) in [6.07, 6.45) is 6.55. The largest absolute Gasteiger partial charge is 0.270 e. The molecule has 1 fully saturated rings. The molecule has 1 aliphatic carbocycles. The zero-order valence-corrected chi connectivity index (χ0v) is 13.7. The van der Waals surface area contributed by atoms with Crippen molar-refractivity contribution in [3.8, 4) is 0 Å². The molecule has 0 bridgehead atoms. The summed E-state index contributed by atoms with van der Waals surface area (Å²) in [4.78, 5) is 26.2. The standard InChI is InChI=1S/C21H21NO2/c23-20-18-8-4-5-9-19(18)21(24)22(20)14-15-10-12-17(13-11-15)16-6-2-1-3-7-16/h4-5,8-13,16H,1-3,6-7,14H2. The highest BCUT2D eigenvalue weighted by Gasteiger charge is 2.34. The molecule has 1 aliphatic heterocycles. The summed E-state index contributed by atoms with van der Waals surface area (Å²) in [5, 5.41) is 0. The predicted octanol–water partition coefficient (Wildman–Crippen LogP) is 4.53. The Morgan fingerprint density at radius 3 is 1.96 bits per heavy atom. The minimum Gasteiger partial charge on any atom is -0.270 e. The molecule has 0 radical (unpaired) electrons. The van der Waals surface area contributed by atoms with Crippen LogP contribution < -0.4 is 0 Å². The molecule has 2 amide bonds. The van der Waals surface area contributed by atoms with Crippen molar-refractivity contribution in [3.05, 3.63) is 70.8 Å². The first-order valence-corrected chi connectivity index (χ1v) is 8.78. The fourth-order valence-electron chi connectivity index (χ4n) is 3.90. The number of carbonyl (C=O) groups is 2. The van der Waals surface area contributed by atoms with Gasteiger partial charge in [0.1, 0.15) is 0 Å². The molecule has 122 valence electrons. The average Bonchev–Trinajstić information content (AvgIpc) is 2.88. The van der Waals surface area contributed by atoms with Gasteiger partial charge in [0.05, 0.1) is 17.7 Å². The van der Waals surface area contributed by atoms with Crippen molar-refractivity contribution in [1.29, 1.82) is 0 Å². The van der Waals surface area contributed by atoms with E-state index in [2.05, 4.69) is 24.3 Å². The van der Waals surface area contributed by atoms with Gasteiger partial charge in [-0.1, -0.05) is 55.7 Å². The molecule has 2 aromatic rings. The molecule has 2 aliphatic rings. The van der Waals surface area contributed by atoms with Crippen LogP contribution in [0.3, 0.4) is 0 Å². The summed E-state index contributed by atoms with van der Waals surface area (Å²) in [6, 6.07) is 15.5. The molecular formula is C21H21NO2. The lowest BCUT2D eigenvalue weighted by Crippen LogP contribution is -2.29. The van der Waals surface area contributed by atoms with Crippen LogP contribution in [0.1, 0.15) is 69.9 Å². The van der Waals surface area contributed by atoms with Gasteiger partial charge in [0, 0.05) is 0 Å². The van der Waals surface area contributed by atoms with Crippen molar-refractivity contribution in [2.75, 3.05) is 0 Å². The lowest BCUT2D eigenvalue weighted by molar-refractivity contribution is 0.0642. The molecule has 2 aromatic carbocycles. The number of imide groups is 1. The number of fused-ring (bicyclic) bond motifs is 1. The Morgan fingerprint density at radius 1 is 0.792 bits per heavy atom. The predicted molar refractivity (Wildman–Crippen MR) is 92.9 cm³/mol. The van der Waals surface area contributed by atoms with E-state index < -0.39 is 0 Å². The van der Waals surface area contributed by atoms with Gasteiger partial charge in [-0.15, -0.1) is 0 Å². The Hall–Kier alpha value is -2.42. The van der Waals surface area contributed by atoms with Crippen LogP contribution in [0.25, 0.3) is 0 Å². The lowest BCUT2D eigenvalue weighted by Gasteiger charge is -2.22. The van der Waals surface area contributed by atoms with E-state index in [9.17, 15) is 9.59 Å². The zero-order valence-electron chi connectivity index (χ0n) is 13.7. The summed E-state index contributed by atoms with van der Waals surface area (Å²) in [7, 11) is 0. The van der Waals surface area contributed by atoms with Gasteiger partial charge in [0.25, 0.3) is 11.8 Å². The Balaban J connectivity index is 1.50. The highest BCUT2D eigenvalue weighted by Crippen LogP contribution is 2.33. The van der Waals surface area contributed by atoms with E-state index in [1.54, 1.807) is 24.3 Å². The SMILES string of the molecule is O=C1c2ccccc2C(=O)N1Cc1ccc(C2CCCCC2)cc1. The summed E-state index contributed by atoms with van der Waals surface area (Å²) < 4.78 is 0. The molecule has 4 rings (SSSR count). The van der Waals surface area contributed by atoms with Crippen LogP contribution in [-0.4, -0.2) is 16.7 Å². The Labute approximate surface area is 142 Å². The molecule has 0 spiro atoms. The fraction of sp³-hybridized carbons (Fsp3) is 0.333. The van der Waals surface area contributed by atoms with Gasteiger partial charge < -0.3 is 0 Å². The Kier molecular flexibility index (Phi) is 3.93. The number of hydrogen-bond donors (Lipinski definition) is 0. The molecule has 1 saturated carbocycles. The first-order valence-electron chi connectivity index (χ1n) is 8.78. The molecule has 24 heavy (non-hydrogen) atoms. The second-order valence-corrected chi connectivity index (χ2v) is 6.82. The van der Waals surface area contributed by atoms with E-state index in [4.69, 9.17) is 0 Å². The third kappa shape index (κ3) is 2.64. The van der Waals surface area contributed by atoms with E-state index in [0.717, 1.165) is 5.56 Å². The van der Waals surface area contributed by atoms with Gasteiger partial charge >= 0.3 is 0 Å². The third-order valence-electron chi connectivity index (χ3n) is 5.28. The minimum absolute atomic E-state index is 0.188. The molecule has 0 atom stereocenters. The van der Waals surface area contributed by atoms with Crippen molar-refractivity contribution < 1.29 is 9.59 Å². The quantitative estimate of drug-likeness (QED) is 0.779. The van der Waals surface area contributed by atoms with Gasteiger partial charge in [-0.25, -0.2) is 0 Å². The normalized spacial score (nSPS) is 18.1. The van der Waals surface area contributed by atoms with Crippen LogP contribution in [0, 0.1) is 0 Å². The first kappa shape index (κ1) is 15.1. The molecule has 0 N–H and O–H groups in total. The van der Waals surface area contributed by atoms with Gasteiger partial charge in [-0.05, 0) is 42.0 Å². The van der Waals surface area contributed by atoms with Crippen LogP contribution in [0.5, 0.6) is 0 Å². The van der Waals surface area contributed by atoms with Gasteiger partial charge in [0.2, 0.25) is 0 Å². The third-order valence-corrected chi connectivity index (χ3v) is 5.28. The monoisotopic (exact) mass is 319 g/mol. The molecule has 0 unspecified atom stereocenters. The van der Waals surface area contributed by atoms with E-state index in [-0.39, 0.29) is 11.8 Å². The van der Waals surface area contributed by atoms with E-state index in [1.807, 2.05) is 0 Å². The van der Waals surface area contributed by atoms with Crippen molar-refractivity contribution in [2.24, 2.45) is 0 Å². The maximum Gasteiger partial charge on any atom is 0.261 e. The fourth-order valence-corrected chi connectivity index (χ4v) is 3.90. The maximum atomic E-state index is 12.4. The summed E-state index contributed by atoms with van der Waals surface area (Å²) in [5.41, 5.74) is 3.42. The number of hydrogen-bond acceptors (Lipinski definition) is 2. The smallest absolute Gasteiger partial charge is 0.261 e. The van der Waals surface area contributed by atoms with Gasteiger partial charge in [-0.3, -0.25) is 14.5 Å². The van der Waals surface area contributed by atoms with Gasteiger partial charge in [-0.2, -0.15) is 0 Å². The van der Waals surface area contributed by atoms with Crippen molar-refractivity contribution in [2.45, 2.75) is 44.6 Å². The Morgan fingerprint density at radius 2 is 1.38 bits per heavy atom.